The summed E-state index contributed by atoms with van der Waals surface area (Å²) in [6.45, 7) is 4.95. The van der Waals surface area contributed by atoms with Gasteiger partial charge in [-0.15, -0.1) is 24.0 Å². The van der Waals surface area contributed by atoms with Gasteiger partial charge in [-0.1, -0.05) is 6.07 Å². The lowest BCUT2D eigenvalue weighted by Gasteiger charge is -2.35. The summed E-state index contributed by atoms with van der Waals surface area (Å²) in [5.74, 6) is 3.13. The predicted octanol–water partition coefficient (Wildman–Crippen LogP) is 2.20. The van der Waals surface area contributed by atoms with Crippen LogP contribution in [0.2, 0.25) is 0 Å². The number of rotatable bonds is 10. The molecule has 0 aromatic heterocycles. The maximum atomic E-state index is 5.58. The zero-order valence-corrected chi connectivity index (χ0v) is 22.4. The van der Waals surface area contributed by atoms with Gasteiger partial charge in [0.05, 0.1) is 33.5 Å². The number of benzene rings is 1. The Labute approximate surface area is 210 Å². The Balaban J connectivity index is 0.00000363. The van der Waals surface area contributed by atoms with Crippen molar-refractivity contribution in [2.75, 3.05) is 74.8 Å². The SMILES string of the molecule is CN=C(NCC(C1CC1)N(C)C)NCC(c1ccc(OC)c(OC)c1)N1CCOCC1.I. The molecule has 9 heteroatoms. The molecule has 0 bridgehead atoms. The Morgan fingerprint density at radius 2 is 1.78 bits per heavy atom. The fraction of sp³-hybridized carbons (Fsp3) is 0.696. The minimum atomic E-state index is 0. The van der Waals surface area contributed by atoms with Crippen LogP contribution in [0.1, 0.15) is 24.4 Å². The van der Waals surface area contributed by atoms with Gasteiger partial charge in [0.15, 0.2) is 17.5 Å². The van der Waals surface area contributed by atoms with Crippen LogP contribution in [0, 0.1) is 5.92 Å². The first-order valence-corrected chi connectivity index (χ1v) is 11.2. The third kappa shape index (κ3) is 7.36. The van der Waals surface area contributed by atoms with Crippen LogP contribution in [0.15, 0.2) is 23.2 Å². The Morgan fingerprint density at radius 3 is 2.34 bits per heavy atom. The molecule has 8 nitrogen and oxygen atoms in total. The Morgan fingerprint density at radius 1 is 1.12 bits per heavy atom. The third-order valence-corrected chi connectivity index (χ3v) is 6.27. The zero-order chi connectivity index (χ0) is 22.2. The van der Waals surface area contributed by atoms with Gasteiger partial charge in [0, 0.05) is 39.3 Å². The number of nitrogens with one attached hydrogen (secondary N) is 2. The van der Waals surface area contributed by atoms with Crippen LogP contribution < -0.4 is 20.1 Å². The average Bonchev–Trinajstić information content (AvgIpc) is 3.63. The lowest BCUT2D eigenvalue weighted by molar-refractivity contribution is 0.0169. The number of hydrogen-bond acceptors (Lipinski definition) is 6. The van der Waals surface area contributed by atoms with E-state index in [4.69, 9.17) is 14.2 Å². The molecule has 0 amide bonds. The van der Waals surface area contributed by atoms with Gasteiger partial charge in [0.2, 0.25) is 0 Å². The second kappa shape index (κ2) is 13.4. The Hall–Kier alpha value is -1.30. The fourth-order valence-electron chi connectivity index (χ4n) is 4.27. The molecular weight excluding hydrogens is 521 g/mol. The van der Waals surface area contributed by atoms with Crippen LogP contribution in [-0.2, 0) is 4.74 Å². The molecule has 2 unspecified atom stereocenters. The van der Waals surface area contributed by atoms with Gasteiger partial charge in [-0.2, -0.15) is 0 Å². The summed E-state index contributed by atoms with van der Waals surface area (Å²) in [7, 11) is 9.49. The van der Waals surface area contributed by atoms with Crippen molar-refractivity contribution in [3.05, 3.63) is 23.8 Å². The van der Waals surface area contributed by atoms with E-state index in [9.17, 15) is 0 Å². The van der Waals surface area contributed by atoms with E-state index < -0.39 is 0 Å². The molecule has 1 aromatic carbocycles. The minimum Gasteiger partial charge on any atom is -0.493 e. The largest absolute Gasteiger partial charge is 0.493 e. The molecule has 32 heavy (non-hydrogen) atoms. The van der Waals surface area contributed by atoms with E-state index in [1.54, 1.807) is 14.2 Å². The van der Waals surface area contributed by atoms with Gasteiger partial charge < -0.3 is 29.7 Å². The second-order valence-corrected chi connectivity index (χ2v) is 8.48. The van der Waals surface area contributed by atoms with Crippen molar-refractivity contribution in [2.45, 2.75) is 24.9 Å². The number of methoxy groups -OCH3 is 2. The van der Waals surface area contributed by atoms with Gasteiger partial charge in [-0.05, 0) is 50.6 Å². The van der Waals surface area contributed by atoms with E-state index in [-0.39, 0.29) is 30.0 Å². The smallest absolute Gasteiger partial charge is 0.191 e. The second-order valence-electron chi connectivity index (χ2n) is 8.48. The number of hydrogen-bond donors (Lipinski definition) is 2. The van der Waals surface area contributed by atoms with E-state index >= 15 is 0 Å². The first kappa shape index (κ1) is 26.9. The molecule has 1 aromatic rings. The molecule has 0 spiro atoms. The number of nitrogens with zero attached hydrogens (tertiary/aromatic N) is 3. The van der Waals surface area contributed by atoms with Crippen molar-refractivity contribution in [3.8, 4) is 11.5 Å². The van der Waals surface area contributed by atoms with Gasteiger partial charge in [-0.3, -0.25) is 9.89 Å². The van der Waals surface area contributed by atoms with Crippen LogP contribution in [0.25, 0.3) is 0 Å². The quantitative estimate of drug-likeness (QED) is 0.258. The topological polar surface area (TPSA) is 70.6 Å². The lowest BCUT2D eigenvalue weighted by atomic mass is 10.0. The van der Waals surface area contributed by atoms with Gasteiger partial charge in [0.1, 0.15) is 0 Å². The Bertz CT molecular complexity index is 722. The molecule has 2 atom stereocenters. The highest BCUT2D eigenvalue weighted by Gasteiger charge is 2.32. The highest BCUT2D eigenvalue weighted by atomic mass is 127. The summed E-state index contributed by atoms with van der Waals surface area (Å²) in [4.78, 5) is 9.23. The molecule has 1 aliphatic heterocycles. The average molecular weight is 562 g/mol. The van der Waals surface area contributed by atoms with Crippen molar-refractivity contribution < 1.29 is 14.2 Å². The maximum Gasteiger partial charge on any atom is 0.191 e. The van der Waals surface area contributed by atoms with E-state index in [1.165, 1.54) is 18.4 Å². The molecule has 1 heterocycles. The van der Waals surface area contributed by atoms with E-state index in [0.29, 0.717) is 6.04 Å². The summed E-state index contributed by atoms with van der Waals surface area (Å²) in [5.41, 5.74) is 1.19. The number of likely N-dealkylation sites (N-methyl/N-ethyl adjacent to an activating group) is 1. The van der Waals surface area contributed by atoms with Crippen LogP contribution in [0.4, 0.5) is 0 Å². The number of aliphatic imine (C=N–C) groups is 1. The maximum absolute atomic E-state index is 5.58. The highest BCUT2D eigenvalue weighted by molar-refractivity contribution is 14.0. The van der Waals surface area contributed by atoms with Crippen molar-refractivity contribution in [1.29, 1.82) is 0 Å². The van der Waals surface area contributed by atoms with Crippen LogP contribution >= 0.6 is 24.0 Å². The van der Waals surface area contributed by atoms with Crippen LogP contribution in [0.3, 0.4) is 0 Å². The van der Waals surface area contributed by atoms with Crippen molar-refractivity contribution >= 4 is 29.9 Å². The molecule has 0 radical (unpaired) electrons. The zero-order valence-electron chi connectivity index (χ0n) is 20.1. The van der Waals surface area contributed by atoms with Crippen molar-refractivity contribution in [1.82, 2.24) is 20.4 Å². The van der Waals surface area contributed by atoms with Crippen molar-refractivity contribution in [2.24, 2.45) is 10.9 Å². The summed E-state index contributed by atoms with van der Waals surface area (Å²) >= 11 is 0. The summed E-state index contributed by atoms with van der Waals surface area (Å²) in [6, 6.07) is 6.89. The van der Waals surface area contributed by atoms with Crippen LogP contribution in [-0.4, -0.2) is 96.6 Å². The summed E-state index contributed by atoms with van der Waals surface area (Å²) in [5, 5.41) is 7.08. The standard InChI is InChI=1S/C23H39N5O3.HI/c1-24-23(25-15-19(27(2)3)17-6-7-17)26-16-20(28-10-12-31-13-11-28)18-8-9-21(29-4)22(14-18)30-5;/h8-9,14,17,19-20H,6-7,10-13,15-16H2,1-5H3,(H2,24,25,26);1H. The lowest BCUT2D eigenvalue weighted by Crippen LogP contribution is -2.49. The Kier molecular flexibility index (Phi) is 11.3. The van der Waals surface area contributed by atoms with E-state index in [2.05, 4.69) is 51.7 Å². The molecule has 182 valence electrons. The number of halogens is 1. The van der Waals surface area contributed by atoms with E-state index in [1.807, 2.05) is 13.1 Å². The fourth-order valence-corrected chi connectivity index (χ4v) is 4.27. The molecule has 1 saturated carbocycles. The first-order chi connectivity index (χ1) is 15.1. The summed E-state index contributed by atoms with van der Waals surface area (Å²) < 4.78 is 16.6. The third-order valence-electron chi connectivity index (χ3n) is 6.27. The predicted molar refractivity (Wildman–Crippen MR) is 140 cm³/mol. The van der Waals surface area contributed by atoms with Crippen LogP contribution in [0.5, 0.6) is 11.5 Å². The van der Waals surface area contributed by atoms with Gasteiger partial charge in [-0.25, -0.2) is 0 Å². The summed E-state index contributed by atoms with van der Waals surface area (Å²) in [6.07, 6.45) is 2.66. The normalized spacial score (nSPS) is 19.1. The molecule has 2 N–H and O–H groups in total. The number of guanidine groups is 1. The van der Waals surface area contributed by atoms with Crippen molar-refractivity contribution in [3.63, 3.8) is 0 Å². The number of ether oxygens (including phenoxy) is 3. The molecule has 1 saturated heterocycles. The molecule has 2 aliphatic rings. The monoisotopic (exact) mass is 561 g/mol. The first-order valence-electron chi connectivity index (χ1n) is 11.2. The highest BCUT2D eigenvalue weighted by Crippen LogP contribution is 2.34. The molecular formula is C23H40IN5O3. The number of morpholine rings is 1. The minimum absolute atomic E-state index is 0. The van der Waals surface area contributed by atoms with Gasteiger partial charge >= 0.3 is 0 Å². The molecule has 3 rings (SSSR count). The van der Waals surface area contributed by atoms with E-state index in [0.717, 1.165) is 62.8 Å². The molecule has 1 aliphatic carbocycles. The van der Waals surface area contributed by atoms with Gasteiger partial charge in [0.25, 0.3) is 0 Å². The molecule has 2 fully saturated rings.